The van der Waals surface area contributed by atoms with E-state index in [1.165, 1.54) is 33.4 Å². The molecular weight excluding hydrogens is 599 g/mol. The highest BCUT2D eigenvalue weighted by molar-refractivity contribution is 6.05. The smallest absolute Gasteiger partial charge is 0.164 e. The van der Waals surface area contributed by atoms with Crippen LogP contribution >= 0.6 is 0 Å². The van der Waals surface area contributed by atoms with Crippen molar-refractivity contribution in [1.82, 2.24) is 15.0 Å². The lowest BCUT2D eigenvalue weighted by atomic mass is 9.54. The molecule has 0 atom stereocenters. The molecule has 49 heavy (non-hydrogen) atoms. The minimum absolute atomic E-state index is 0.139. The second kappa shape index (κ2) is 10.8. The zero-order valence-corrected chi connectivity index (χ0v) is 28.0. The van der Waals surface area contributed by atoms with E-state index in [9.17, 15) is 0 Å². The highest BCUT2D eigenvalue weighted by Gasteiger charge is 2.46. The van der Waals surface area contributed by atoms with Crippen LogP contribution in [0.1, 0.15) is 38.8 Å². The van der Waals surface area contributed by atoms with Crippen LogP contribution in [0.2, 0.25) is 0 Å². The molecule has 0 aliphatic heterocycles. The molecule has 0 saturated heterocycles. The van der Waals surface area contributed by atoms with Gasteiger partial charge in [0.25, 0.3) is 0 Å². The number of hydrogen-bond acceptors (Lipinski definition) is 4. The third-order valence-corrected chi connectivity index (χ3v) is 10.9. The maximum atomic E-state index is 6.25. The molecule has 9 rings (SSSR count). The van der Waals surface area contributed by atoms with Crippen molar-refractivity contribution in [2.45, 2.75) is 38.5 Å². The van der Waals surface area contributed by atoms with Gasteiger partial charge in [0, 0.05) is 27.5 Å². The lowest BCUT2D eigenvalue weighted by molar-refractivity contribution is 0.299. The van der Waals surface area contributed by atoms with E-state index in [0.717, 1.165) is 38.6 Å². The Kier molecular flexibility index (Phi) is 6.47. The van der Waals surface area contributed by atoms with Gasteiger partial charge in [0.2, 0.25) is 0 Å². The Morgan fingerprint density at radius 1 is 0.408 bits per heavy atom. The molecule has 0 saturated carbocycles. The predicted molar refractivity (Wildman–Crippen MR) is 200 cm³/mol. The van der Waals surface area contributed by atoms with E-state index in [1.807, 2.05) is 54.6 Å². The monoisotopic (exact) mass is 633 g/mol. The average molecular weight is 634 g/mol. The first-order valence-electron chi connectivity index (χ1n) is 16.9. The number of furan rings is 1. The molecule has 4 nitrogen and oxygen atoms in total. The van der Waals surface area contributed by atoms with Crippen molar-refractivity contribution in [2.75, 3.05) is 0 Å². The lowest BCUT2D eigenvalue weighted by Crippen LogP contribution is -2.43. The first-order valence-corrected chi connectivity index (χ1v) is 16.9. The molecule has 1 aliphatic rings. The third-order valence-electron chi connectivity index (χ3n) is 10.9. The van der Waals surface area contributed by atoms with E-state index >= 15 is 0 Å². The van der Waals surface area contributed by atoms with E-state index in [1.54, 1.807) is 0 Å². The first kappa shape index (κ1) is 29.3. The number of nitrogens with zero attached hydrogens (tertiary/aromatic N) is 3. The fraction of sp³-hybridized carbons (Fsp3) is 0.133. The number of hydrogen-bond donors (Lipinski definition) is 0. The third kappa shape index (κ3) is 4.55. The van der Waals surface area contributed by atoms with Gasteiger partial charge in [-0.1, -0.05) is 143 Å². The predicted octanol–water partition coefficient (Wildman–Crippen LogP) is 11.7. The van der Waals surface area contributed by atoms with E-state index in [2.05, 4.69) is 113 Å². The molecule has 0 amide bonds. The minimum Gasteiger partial charge on any atom is -0.456 e. The topological polar surface area (TPSA) is 51.8 Å². The number of para-hydroxylation sites is 1. The molecular formula is C45H35N3O. The highest BCUT2D eigenvalue weighted by atomic mass is 16.3. The van der Waals surface area contributed by atoms with Crippen molar-refractivity contribution >= 4 is 21.9 Å². The Bertz CT molecular complexity index is 2550. The van der Waals surface area contributed by atoms with Gasteiger partial charge in [0.1, 0.15) is 11.2 Å². The molecule has 0 bridgehead atoms. The molecule has 0 spiro atoms. The van der Waals surface area contributed by atoms with Crippen molar-refractivity contribution in [3.8, 4) is 56.4 Å². The molecule has 8 aromatic rings. The molecule has 0 unspecified atom stereocenters. The van der Waals surface area contributed by atoms with Crippen LogP contribution in [0.25, 0.3) is 78.4 Å². The van der Waals surface area contributed by atoms with Crippen LogP contribution in [0.15, 0.2) is 144 Å². The average Bonchev–Trinajstić information content (AvgIpc) is 3.52. The fourth-order valence-electron chi connectivity index (χ4n) is 7.53. The lowest BCUT2D eigenvalue weighted by Gasteiger charge is -2.49. The molecule has 4 heteroatoms. The maximum absolute atomic E-state index is 6.25. The standard InChI is InChI=1S/C45H35N3O/c1-44(2)36-20-13-19-32(28-14-7-5-8-15-28)40(36)35-25-23-30(26-37(35)45(44,3)4)42-46-41(29-16-9-6-10-17-29)47-43(48-42)31-22-24-34-33-18-11-12-21-38(33)49-39(34)27-31/h5-27H,1-4H3. The number of benzene rings is 6. The maximum Gasteiger partial charge on any atom is 0.164 e. The normalized spacial score (nSPS) is 14.4. The van der Waals surface area contributed by atoms with Gasteiger partial charge >= 0.3 is 0 Å². The van der Waals surface area contributed by atoms with E-state index in [4.69, 9.17) is 19.4 Å². The summed E-state index contributed by atoms with van der Waals surface area (Å²) in [5.74, 6) is 1.90. The molecule has 2 heterocycles. The van der Waals surface area contributed by atoms with Gasteiger partial charge in [-0.05, 0) is 68.5 Å². The molecule has 0 fully saturated rings. The van der Waals surface area contributed by atoms with Crippen molar-refractivity contribution < 1.29 is 4.42 Å². The quantitative estimate of drug-likeness (QED) is 0.193. The number of fused-ring (bicyclic) bond motifs is 6. The summed E-state index contributed by atoms with van der Waals surface area (Å²) in [6.45, 7) is 9.48. The number of rotatable bonds is 4. The second-order valence-corrected chi connectivity index (χ2v) is 14.1. The molecule has 1 aliphatic carbocycles. The second-order valence-electron chi connectivity index (χ2n) is 14.1. The first-order chi connectivity index (χ1) is 23.8. The van der Waals surface area contributed by atoms with Crippen molar-refractivity contribution in [3.63, 3.8) is 0 Å². The fourth-order valence-corrected chi connectivity index (χ4v) is 7.53. The highest BCUT2D eigenvalue weighted by Crippen LogP contribution is 2.56. The van der Waals surface area contributed by atoms with Gasteiger partial charge < -0.3 is 4.42 Å². The molecule has 6 aromatic carbocycles. The summed E-state index contributed by atoms with van der Waals surface area (Å²) < 4.78 is 6.25. The SMILES string of the molecule is CC1(C)c2cc(-c3nc(-c4ccccc4)nc(-c4ccc5c(c4)oc4ccccc45)n3)ccc2-c2c(-c3ccccc3)cccc2C1(C)C. The molecule has 0 radical (unpaired) electrons. The summed E-state index contributed by atoms with van der Waals surface area (Å²) in [5.41, 5.74) is 11.9. The van der Waals surface area contributed by atoms with Crippen molar-refractivity contribution in [1.29, 1.82) is 0 Å². The molecule has 236 valence electrons. The Labute approximate surface area is 286 Å². The van der Waals surface area contributed by atoms with E-state index < -0.39 is 0 Å². The zero-order valence-electron chi connectivity index (χ0n) is 28.0. The van der Waals surface area contributed by atoms with Crippen LogP contribution in [-0.2, 0) is 10.8 Å². The summed E-state index contributed by atoms with van der Waals surface area (Å²) >= 11 is 0. The summed E-state index contributed by atoms with van der Waals surface area (Å²) in [6.07, 6.45) is 0. The Balaban J connectivity index is 1.25. The summed E-state index contributed by atoms with van der Waals surface area (Å²) in [5, 5.41) is 2.17. The number of aromatic nitrogens is 3. The minimum atomic E-state index is -0.175. The van der Waals surface area contributed by atoms with Crippen LogP contribution in [-0.4, -0.2) is 15.0 Å². The van der Waals surface area contributed by atoms with Crippen molar-refractivity contribution in [2.24, 2.45) is 0 Å². The van der Waals surface area contributed by atoms with Crippen LogP contribution in [0.4, 0.5) is 0 Å². The zero-order chi connectivity index (χ0) is 33.3. The van der Waals surface area contributed by atoms with Gasteiger partial charge in [0.05, 0.1) is 0 Å². The van der Waals surface area contributed by atoms with Gasteiger partial charge in [-0.3, -0.25) is 0 Å². The Hall–Kier alpha value is -5.87. The van der Waals surface area contributed by atoms with Crippen LogP contribution in [0, 0.1) is 0 Å². The van der Waals surface area contributed by atoms with Crippen LogP contribution < -0.4 is 0 Å². The summed E-state index contributed by atoms with van der Waals surface area (Å²) in [6, 6.07) is 48.8. The summed E-state index contributed by atoms with van der Waals surface area (Å²) in [4.78, 5) is 15.2. The Morgan fingerprint density at radius 2 is 0.980 bits per heavy atom. The molecule has 2 aromatic heterocycles. The largest absolute Gasteiger partial charge is 0.456 e. The Morgan fingerprint density at radius 3 is 1.71 bits per heavy atom. The van der Waals surface area contributed by atoms with Gasteiger partial charge in [0.15, 0.2) is 17.5 Å². The van der Waals surface area contributed by atoms with Crippen LogP contribution in [0.5, 0.6) is 0 Å². The summed E-state index contributed by atoms with van der Waals surface area (Å²) in [7, 11) is 0. The van der Waals surface area contributed by atoms with Gasteiger partial charge in [-0.2, -0.15) is 0 Å². The van der Waals surface area contributed by atoms with E-state index in [-0.39, 0.29) is 10.8 Å². The van der Waals surface area contributed by atoms with Crippen LogP contribution in [0.3, 0.4) is 0 Å². The van der Waals surface area contributed by atoms with Gasteiger partial charge in [-0.25, -0.2) is 15.0 Å². The molecule has 0 N–H and O–H groups in total. The van der Waals surface area contributed by atoms with E-state index in [0.29, 0.717) is 17.5 Å². The van der Waals surface area contributed by atoms with Gasteiger partial charge in [-0.15, -0.1) is 0 Å². The van der Waals surface area contributed by atoms with Crippen molar-refractivity contribution in [3.05, 3.63) is 151 Å².